The summed E-state index contributed by atoms with van der Waals surface area (Å²) in [5, 5.41) is 0.729. The third-order valence-electron chi connectivity index (χ3n) is 2.25. The minimum absolute atomic E-state index is 0.0688. The molecule has 2 aromatic rings. The Morgan fingerprint density at radius 3 is 2.77 bits per heavy atom. The molecule has 2 heteroatoms. The first-order valence-electron chi connectivity index (χ1n) is 4.14. The Morgan fingerprint density at radius 2 is 2.00 bits per heavy atom. The van der Waals surface area contributed by atoms with Crippen molar-refractivity contribution >= 4 is 10.9 Å². The summed E-state index contributed by atoms with van der Waals surface area (Å²) in [5.41, 5.74) is 2.31. The molecule has 65 valence electrons. The summed E-state index contributed by atoms with van der Waals surface area (Å²) in [7, 11) is 0. The molecule has 0 fully saturated rings. The van der Waals surface area contributed by atoms with Crippen LogP contribution in [0.15, 0.2) is 29.1 Å². The second-order valence-corrected chi connectivity index (χ2v) is 3.10. The molecule has 1 aromatic heterocycles. The molecule has 2 rings (SSSR count). The van der Waals surface area contributed by atoms with Crippen LogP contribution < -0.4 is 5.43 Å². The van der Waals surface area contributed by atoms with Gasteiger partial charge < -0.3 is 4.98 Å². The van der Waals surface area contributed by atoms with Crippen molar-refractivity contribution in [3.8, 4) is 0 Å². The van der Waals surface area contributed by atoms with Gasteiger partial charge in [0.2, 0.25) is 0 Å². The minimum atomic E-state index is 0.0688. The summed E-state index contributed by atoms with van der Waals surface area (Å²) >= 11 is 0. The molecule has 13 heavy (non-hydrogen) atoms. The van der Waals surface area contributed by atoms with Gasteiger partial charge in [-0.05, 0) is 26.0 Å². The van der Waals surface area contributed by atoms with E-state index in [9.17, 15) is 4.79 Å². The van der Waals surface area contributed by atoms with Crippen LogP contribution in [-0.2, 0) is 0 Å². The van der Waals surface area contributed by atoms with Gasteiger partial charge in [-0.3, -0.25) is 4.79 Å². The lowest BCUT2D eigenvalue weighted by Gasteiger charge is -2.02. The summed E-state index contributed by atoms with van der Waals surface area (Å²) in [6.07, 6.45) is 0. The summed E-state index contributed by atoms with van der Waals surface area (Å²) in [6, 6.07) is 7.46. The van der Waals surface area contributed by atoms with Crippen LogP contribution in [-0.4, -0.2) is 4.98 Å². The summed E-state index contributed by atoms with van der Waals surface area (Å²) in [5.74, 6) is 0. The van der Waals surface area contributed by atoms with Crippen LogP contribution in [0.4, 0.5) is 0 Å². The lowest BCUT2D eigenvalue weighted by atomic mass is 10.1. The number of para-hydroxylation sites is 1. The topological polar surface area (TPSA) is 32.9 Å². The lowest BCUT2D eigenvalue weighted by molar-refractivity contribution is 1.24. The number of hydrogen-bond donors (Lipinski definition) is 1. The van der Waals surface area contributed by atoms with Crippen molar-refractivity contribution in [2.24, 2.45) is 0 Å². The highest BCUT2D eigenvalue weighted by molar-refractivity contribution is 5.79. The van der Waals surface area contributed by atoms with E-state index in [0.29, 0.717) is 11.3 Å². The first-order chi connectivity index (χ1) is 6.20. The third kappa shape index (κ3) is 1.15. The highest BCUT2D eigenvalue weighted by Gasteiger charge is 2.03. The van der Waals surface area contributed by atoms with Gasteiger partial charge in [-0.1, -0.05) is 12.1 Å². The number of fused-ring (bicyclic) bond motifs is 1. The van der Waals surface area contributed by atoms with Gasteiger partial charge in [-0.25, -0.2) is 0 Å². The average molecular weight is 172 g/mol. The zero-order valence-corrected chi connectivity index (χ0v) is 7.42. The smallest absolute Gasteiger partial charge is 0.192 e. The number of hydrogen-bond acceptors (Lipinski definition) is 1. The lowest BCUT2D eigenvalue weighted by Crippen LogP contribution is -2.09. The molecule has 0 bridgehead atoms. The van der Waals surface area contributed by atoms with Crippen LogP contribution in [0.1, 0.15) is 11.3 Å². The fourth-order valence-electron chi connectivity index (χ4n) is 1.39. The van der Waals surface area contributed by atoms with Crippen molar-refractivity contribution in [3.63, 3.8) is 0 Å². The van der Waals surface area contributed by atoms with Crippen LogP contribution in [0.2, 0.25) is 0 Å². The Balaban J connectivity index is 3.03. The van der Waals surface area contributed by atoms with Crippen LogP contribution in [0, 0.1) is 13.8 Å². The Kier molecular flexibility index (Phi) is 1.69. The second-order valence-electron chi connectivity index (χ2n) is 3.10. The van der Waals surface area contributed by atoms with Gasteiger partial charge in [0.25, 0.3) is 0 Å². The van der Waals surface area contributed by atoms with Gasteiger partial charge in [0.1, 0.15) is 0 Å². The van der Waals surface area contributed by atoms with Crippen molar-refractivity contribution in [3.05, 3.63) is 52.7 Å². The highest BCUT2D eigenvalue weighted by atomic mass is 16.1. The molecule has 0 spiro atoms. The normalized spacial score (nSPS) is 10.6. The van der Waals surface area contributed by atoms with E-state index in [4.69, 9.17) is 0 Å². The fourth-order valence-corrected chi connectivity index (χ4v) is 1.39. The van der Waals surface area contributed by atoms with Gasteiger partial charge in [0.15, 0.2) is 5.43 Å². The number of rotatable bonds is 0. The van der Waals surface area contributed by atoms with E-state index in [1.54, 1.807) is 6.92 Å². The molecule has 0 aliphatic rings. The van der Waals surface area contributed by atoms with E-state index >= 15 is 0 Å². The van der Waals surface area contributed by atoms with Crippen molar-refractivity contribution in [1.29, 1.82) is 0 Å². The summed E-state index contributed by atoms with van der Waals surface area (Å²) in [4.78, 5) is 14.8. The first-order valence-corrected chi connectivity index (χ1v) is 4.14. The largest absolute Gasteiger partial charge is 0.358 e. The number of aromatic nitrogens is 1. The monoisotopic (exact) mass is 172 g/mol. The molecule has 2 nitrogen and oxygen atoms in total. The third-order valence-corrected chi connectivity index (χ3v) is 2.25. The minimum Gasteiger partial charge on any atom is -0.358 e. The van der Waals surface area contributed by atoms with Crippen molar-refractivity contribution in [2.45, 2.75) is 6.92 Å². The highest BCUT2D eigenvalue weighted by Crippen LogP contribution is 2.09. The molecule has 0 amide bonds. The maximum atomic E-state index is 11.7. The van der Waals surface area contributed by atoms with Crippen molar-refractivity contribution in [2.75, 3.05) is 0 Å². The van der Waals surface area contributed by atoms with Gasteiger partial charge in [-0.15, -0.1) is 0 Å². The van der Waals surface area contributed by atoms with Gasteiger partial charge in [0, 0.05) is 22.2 Å². The Hall–Kier alpha value is -1.57. The van der Waals surface area contributed by atoms with E-state index in [0.717, 1.165) is 10.9 Å². The molecule has 0 aliphatic carbocycles. The molecule has 0 saturated heterocycles. The second kappa shape index (κ2) is 2.73. The van der Waals surface area contributed by atoms with Crippen LogP contribution >= 0.6 is 0 Å². The zero-order valence-electron chi connectivity index (χ0n) is 7.42. The Morgan fingerprint density at radius 1 is 1.31 bits per heavy atom. The maximum Gasteiger partial charge on any atom is 0.192 e. The van der Waals surface area contributed by atoms with Crippen molar-refractivity contribution < 1.29 is 0 Å². The molecule has 0 atom stereocenters. The fraction of sp³-hybridized carbons (Fsp3) is 0.0909. The van der Waals surface area contributed by atoms with Crippen LogP contribution in [0.3, 0.4) is 0 Å². The van der Waals surface area contributed by atoms with E-state index < -0.39 is 0 Å². The molecule has 0 saturated carbocycles. The van der Waals surface area contributed by atoms with E-state index in [-0.39, 0.29) is 5.43 Å². The van der Waals surface area contributed by atoms with Crippen LogP contribution in [0.5, 0.6) is 0 Å². The zero-order chi connectivity index (χ0) is 9.42. The van der Waals surface area contributed by atoms with Crippen LogP contribution in [0.25, 0.3) is 10.9 Å². The number of H-pyrrole nitrogens is 1. The quantitative estimate of drug-likeness (QED) is 0.648. The first kappa shape index (κ1) is 8.05. The SMILES string of the molecule is [CH2]c1[nH]c2ccccc2c(=O)c1C. The molecule has 0 unspecified atom stereocenters. The molecule has 0 aliphatic heterocycles. The van der Waals surface area contributed by atoms with E-state index in [1.807, 2.05) is 24.3 Å². The number of nitrogens with one attached hydrogen (secondary N) is 1. The van der Waals surface area contributed by atoms with Gasteiger partial charge in [-0.2, -0.15) is 0 Å². The number of pyridine rings is 1. The number of aromatic amines is 1. The van der Waals surface area contributed by atoms with E-state index in [2.05, 4.69) is 11.9 Å². The average Bonchev–Trinajstić information content (AvgIpc) is 2.15. The molecular weight excluding hydrogens is 162 g/mol. The predicted molar refractivity (Wildman–Crippen MR) is 53.8 cm³/mol. The molecular formula is C11H10NO. The van der Waals surface area contributed by atoms with Crippen molar-refractivity contribution in [1.82, 2.24) is 4.98 Å². The molecule has 1 N–H and O–H groups in total. The maximum absolute atomic E-state index is 11.7. The Bertz CT molecular complexity index is 511. The van der Waals surface area contributed by atoms with E-state index in [1.165, 1.54) is 0 Å². The predicted octanol–water partition coefficient (Wildman–Crippen LogP) is 2.02. The summed E-state index contributed by atoms with van der Waals surface area (Å²) < 4.78 is 0. The Labute approximate surface area is 76.2 Å². The van der Waals surface area contributed by atoms with Gasteiger partial charge in [0.05, 0.1) is 0 Å². The molecule has 1 aromatic carbocycles. The standard InChI is InChI=1S/C11H10NO/c1-7-8(2)12-10-6-4-3-5-9(10)11(7)13/h3-6H,2H2,1H3,(H,12,13). The molecule has 1 heterocycles. The molecule has 1 radical (unpaired) electrons. The van der Waals surface area contributed by atoms with Gasteiger partial charge >= 0.3 is 0 Å². The number of benzene rings is 1. The summed E-state index contributed by atoms with van der Waals surface area (Å²) in [6.45, 7) is 5.56.